The van der Waals surface area contributed by atoms with Crippen LogP contribution in [0.1, 0.15) is 64.7 Å². The Morgan fingerprint density at radius 3 is 2.37 bits per heavy atom. The molecule has 1 aliphatic rings. The molecular weight excluding hydrogens is 254 g/mol. The first kappa shape index (κ1) is 17.0. The SMILES string of the molecule is CCCCCCCCCCC(=O)C1CSCCN1C. The summed E-state index contributed by atoms with van der Waals surface area (Å²) in [6.07, 6.45) is 11.3. The van der Waals surface area contributed by atoms with E-state index in [-0.39, 0.29) is 6.04 Å². The maximum absolute atomic E-state index is 12.1. The minimum absolute atomic E-state index is 0.198. The molecule has 0 bridgehead atoms. The highest BCUT2D eigenvalue weighted by atomic mass is 32.2. The molecule has 1 rings (SSSR count). The summed E-state index contributed by atoms with van der Waals surface area (Å²) in [5, 5.41) is 0. The number of carbonyl (C=O) groups is 1. The van der Waals surface area contributed by atoms with Crippen LogP contribution in [0.4, 0.5) is 0 Å². The number of thioether (sulfide) groups is 1. The quantitative estimate of drug-likeness (QED) is 0.563. The summed E-state index contributed by atoms with van der Waals surface area (Å²) in [6.45, 7) is 3.32. The van der Waals surface area contributed by atoms with Gasteiger partial charge in [-0.1, -0.05) is 51.9 Å². The molecule has 1 heterocycles. The van der Waals surface area contributed by atoms with E-state index in [1.807, 2.05) is 11.8 Å². The number of ketones is 1. The number of unbranched alkanes of at least 4 members (excludes halogenated alkanes) is 7. The Balaban J connectivity index is 1.98. The lowest BCUT2D eigenvalue weighted by Gasteiger charge is -2.30. The van der Waals surface area contributed by atoms with E-state index in [1.165, 1.54) is 50.7 Å². The second-order valence-electron chi connectivity index (χ2n) is 5.76. The highest BCUT2D eigenvalue weighted by Crippen LogP contribution is 2.18. The highest BCUT2D eigenvalue weighted by molar-refractivity contribution is 7.99. The van der Waals surface area contributed by atoms with Gasteiger partial charge < -0.3 is 0 Å². The first-order chi connectivity index (χ1) is 9.25. The molecule has 3 heteroatoms. The molecule has 1 atom stereocenters. The molecule has 19 heavy (non-hydrogen) atoms. The van der Waals surface area contributed by atoms with Crippen molar-refractivity contribution in [2.24, 2.45) is 0 Å². The molecule has 0 aromatic heterocycles. The molecule has 2 nitrogen and oxygen atoms in total. The van der Waals surface area contributed by atoms with E-state index in [0.29, 0.717) is 5.78 Å². The third kappa shape index (κ3) is 7.36. The van der Waals surface area contributed by atoms with Crippen LogP contribution in [-0.2, 0) is 4.79 Å². The van der Waals surface area contributed by atoms with Gasteiger partial charge >= 0.3 is 0 Å². The number of Topliss-reactive ketones (excluding diaryl/α,β-unsaturated/α-hetero) is 1. The normalized spacial score (nSPS) is 20.6. The highest BCUT2D eigenvalue weighted by Gasteiger charge is 2.25. The molecule has 0 N–H and O–H groups in total. The summed E-state index contributed by atoms with van der Waals surface area (Å²) < 4.78 is 0. The predicted molar refractivity (Wildman–Crippen MR) is 86.0 cm³/mol. The average molecular weight is 285 g/mol. The van der Waals surface area contributed by atoms with Gasteiger partial charge in [0.2, 0.25) is 0 Å². The van der Waals surface area contributed by atoms with Crippen molar-refractivity contribution in [3.8, 4) is 0 Å². The summed E-state index contributed by atoms with van der Waals surface area (Å²) >= 11 is 1.93. The average Bonchev–Trinajstić information content (AvgIpc) is 2.42. The summed E-state index contributed by atoms with van der Waals surface area (Å²) in [6, 6.07) is 0.198. The minimum atomic E-state index is 0.198. The Hall–Kier alpha value is -0.0200. The fourth-order valence-corrected chi connectivity index (χ4v) is 3.87. The standard InChI is InChI=1S/C16H31NOS/c1-3-4-5-6-7-8-9-10-11-16(18)15-14-19-13-12-17(15)2/h15H,3-14H2,1-2H3. The van der Waals surface area contributed by atoms with Crippen molar-refractivity contribution >= 4 is 17.5 Å². The maximum atomic E-state index is 12.1. The van der Waals surface area contributed by atoms with Crippen LogP contribution in [0.15, 0.2) is 0 Å². The van der Waals surface area contributed by atoms with Crippen molar-refractivity contribution in [1.82, 2.24) is 4.90 Å². The summed E-state index contributed by atoms with van der Waals surface area (Å²) in [4.78, 5) is 14.4. The minimum Gasteiger partial charge on any atom is -0.298 e. The Morgan fingerprint density at radius 2 is 1.74 bits per heavy atom. The lowest BCUT2D eigenvalue weighted by molar-refractivity contribution is -0.123. The monoisotopic (exact) mass is 285 g/mol. The number of carbonyl (C=O) groups excluding carboxylic acids is 1. The van der Waals surface area contributed by atoms with E-state index in [4.69, 9.17) is 0 Å². The second kappa shape index (κ2) is 10.7. The third-order valence-electron chi connectivity index (χ3n) is 4.04. The van der Waals surface area contributed by atoms with Gasteiger partial charge in [0, 0.05) is 24.5 Å². The molecular formula is C16H31NOS. The van der Waals surface area contributed by atoms with Crippen LogP contribution in [0.3, 0.4) is 0 Å². The topological polar surface area (TPSA) is 20.3 Å². The first-order valence-electron chi connectivity index (χ1n) is 8.06. The van der Waals surface area contributed by atoms with E-state index >= 15 is 0 Å². The maximum Gasteiger partial charge on any atom is 0.150 e. The first-order valence-corrected chi connectivity index (χ1v) is 9.22. The van der Waals surface area contributed by atoms with Gasteiger partial charge in [0.25, 0.3) is 0 Å². The third-order valence-corrected chi connectivity index (χ3v) is 5.07. The zero-order valence-electron chi connectivity index (χ0n) is 12.8. The molecule has 0 aliphatic carbocycles. The van der Waals surface area contributed by atoms with Crippen LogP contribution in [0.2, 0.25) is 0 Å². The van der Waals surface area contributed by atoms with E-state index in [1.54, 1.807) is 0 Å². The number of nitrogens with zero attached hydrogens (tertiary/aromatic N) is 1. The molecule has 0 aromatic carbocycles. The van der Waals surface area contributed by atoms with Crippen molar-refractivity contribution in [1.29, 1.82) is 0 Å². The van der Waals surface area contributed by atoms with E-state index in [9.17, 15) is 4.79 Å². The Bertz CT molecular complexity index is 245. The number of rotatable bonds is 10. The van der Waals surface area contributed by atoms with Crippen molar-refractivity contribution in [2.45, 2.75) is 70.8 Å². The molecule has 112 valence electrons. The van der Waals surface area contributed by atoms with Gasteiger partial charge in [0.1, 0.15) is 0 Å². The van der Waals surface area contributed by atoms with Crippen LogP contribution < -0.4 is 0 Å². The molecule has 0 amide bonds. The van der Waals surface area contributed by atoms with Gasteiger partial charge in [-0.05, 0) is 13.5 Å². The van der Waals surface area contributed by atoms with Crippen LogP contribution in [0.5, 0.6) is 0 Å². The molecule has 1 unspecified atom stereocenters. The zero-order chi connectivity index (χ0) is 13.9. The molecule has 1 saturated heterocycles. The van der Waals surface area contributed by atoms with Gasteiger partial charge in [-0.25, -0.2) is 0 Å². The van der Waals surface area contributed by atoms with Crippen molar-refractivity contribution in [2.75, 3.05) is 25.1 Å². The van der Waals surface area contributed by atoms with Gasteiger partial charge in [-0.2, -0.15) is 11.8 Å². The predicted octanol–water partition coefficient (Wildman–Crippen LogP) is 4.13. The van der Waals surface area contributed by atoms with Crippen molar-refractivity contribution < 1.29 is 4.79 Å². The lowest BCUT2D eigenvalue weighted by Crippen LogP contribution is -2.44. The van der Waals surface area contributed by atoms with E-state index < -0.39 is 0 Å². The number of hydrogen-bond acceptors (Lipinski definition) is 3. The van der Waals surface area contributed by atoms with Crippen LogP contribution in [0, 0.1) is 0 Å². The lowest BCUT2D eigenvalue weighted by atomic mass is 10.0. The molecule has 0 aromatic rings. The Morgan fingerprint density at radius 1 is 1.11 bits per heavy atom. The largest absolute Gasteiger partial charge is 0.298 e. The summed E-state index contributed by atoms with van der Waals surface area (Å²) in [5.74, 6) is 2.66. The smallest absolute Gasteiger partial charge is 0.150 e. The van der Waals surface area contributed by atoms with Crippen LogP contribution in [-0.4, -0.2) is 41.8 Å². The van der Waals surface area contributed by atoms with Gasteiger partial charge in [-0.15, -0.1) is 0 Å². The molecule has 0 radical (unpaired) electrons. The van der Waals surface area contributed by atoms with Gasteiger partial charge in [0.15, 0.2) is 5.78 Å². The van der Waals surface area contributed by atoms with E-state index in [0.717, 1.165) is 25.1 Å². The Kier molecular flexibility index (Phi) is 9.62. The molecule has 0 saturated carbocycles. The van der Waals surface area contributed by atoms with Crippen LogP contribution >= 0.6 is 11.8 Å². The van der Waals surface area contributed by atoms with Gasteiger partial charge in [0.05, 0.1) is 6.04 Å². The van der Waals surface area contributed by atoms with Crippen molar-refractivity contribution in [3.63, 3.8) is 0 Å². The zero-order valence-corrected chi connectivity index (χ0v) is 13.6. The second-order valence-corrected chi connectivity index (χ2v) is 6.91. The van der Waals surface area contributed by atoms with Crippen molar-refractivity contribution in [3.05, 3.63) is 0 Å². The van der Waals surface area contributed by atoms with Gasteiger partial charge in [-0.3, -0.25) is 9.69 Å². The fourth-order valence-electron chi connectivity index (χ4n) is 2.63. The van der Waals surface area contributed by atoms with Crippen LogP contribution in [0.25, 0.3) is 0 Å². The fraction of sp³-hybridized carbons (Fsp3) is 0.938. The summed E-state index contributed by atoms with van der Waals surface area (Å²) in [5.41, 5.74) is 0. The molecule has 0 spiro atoms. The Labute approximate surface area is 123 Å². The molecule has 1 fully saturated rings. The molecule has 1 aliphatic heterocycles. The number of hydrogen-bond donors (Lipinski definition) is 0. The summed E-state index contributed by atoms with van der Waals surface area (Å²) in [7, 11) is 2.09. The number of likely N-dealkylation sites (N-methyl/N-ethyl adjacent to an activating group) is 1. The van der Waals surface area contributed by atoms with E-state index in [2.05, 4.69) is 18.9 Å².